The molecule has 172 valence electrons. The van der Waals surface area contributed by atoms with E-state index >= 15 is 0 Å². The van der Waals surface area contributed by atoms with Gasteiger partial charge in [0, 0.05) is 12.3 Å². The van der Waals surface area contributed by atoms with Gasteiger partial charge < -0.3 is 14.6 Å². The van der Waals surface area contributed by atoms with Crippen LogP contribution in [0.3, 0.4) is 0 Å². The molecule has 0 aliphatic heterocycles. The molecule has 1 unspecified atom stereocenters. The van der Waals surface area contributed by atoms with Crippen molar-refractivity contribution in [1.29, 1.82) is 0 Å². The van der Waals surface area contributed by atoms with Gasteiger partial charge in [0.25, 0.3) is 5.56 Å². The summed E-state index contributed by atoms with van der Waals surface area (Å²) in [5, 5.41) is 3.00. The summed E-state index contributed by atoms with van der Waals surface area (Å²) in [6.07, 6.45) is 2.84. The first kappa shape index (κ1) is 24.0. The van der Waals surface area contributed by atoms with Crippen LogP contribution in [0.5, 0.6) is 0 Å². The number of rotatable bonds is 9. The maximum atomic E-state index is 13.3. The second-order valence-electron chi connectivity index (χ2n) is 8.03. The van der Waals surface area contributed by atoms with Crippen molar-refractivity contribution in [3.63, 3.8) is 0 Å². The van der Waals surface area contributed by atoms with Gasteiger partial charge in [-0.1, -0.05) is 61.9 Å². The Bertz CT molecular complexity index is 1170. The first-order valence-electron chi connectivity index (χ1n) is 11.1. The number of benzene rings is 2. The summed E-state index contributed by atoms with van der Waals surface area (Å²) in [6, 6.07) is 19.4. The highest BCUT2D eigenvalue weighted by atomic mass is 16.5. The summed E-state index contributed by atoms with van der Waals surface area (Å²) in [6.45, 7) is 4.01. The van der Waals surface area contributed by atoms with Gasteiger partial charge >= 0.3 is 5.97 Å². The van der Waals surface area contributed by atoms with Crippen LogP contribution in [-0.2, 0) is 14.3 Å². The smallest absolute Gasteiger partial charge is 0.307 e. The number of esters is 1. The van der Waals surface area contributed by atoms with Gasteiger partial charge in [0.15, 0.2) is 0 Å². The highest BCUT2D eigenvalue weighted by Gasteiger charge is 2.26. The maximum absolute atomic E-state index is 13.3. The third-order valence-corrected chi connectivity index (χ3v) is 5.71. The van der Waals surface area contributed by atoms with E-state index in [1.54, 1.807) is 18.3 Å². The van der Waals surface area contributed by atoms with E-state index in [-0.39, 0.29) is 17.9 Å². The zero-order chi connectivity index (χ0) is 23.8. The van der Waals surface area contributed by atoms with E-state index in [9.17, 15) is 14.4 Å². The van der Waals surface area contributed by atoms with Crippen LogP contribution in [0.1, 0.15) is 49.4 Å². The fraction of sp³-hybridized carbons (Fsp3) is 0.296. The van der Waals surface area contributed by atoms with Crippen molar-refractivity contribution in [1.82, 2.24) is 9.88 Å². The highest BCUT2D eigenvalue weighted by molar-refractivity contribution is 5.82. The van der Waals surface area contributed by atoms with Crippen molar-refractivity contribution < 1.29 is 14.3 Å². The fourth-order valence-electron chi connectivity index (χ4n) is 3.96. The zero-order valence-corrected chi connectivity index (χ0v) is 19.3. The predicted molar refractivity (Wildman–Crippen MR) is 129 cm³/mol. The molecule has 0 aliphatic carbocycles. The number of amides is 1. The van der Waals surface area contributed by atoms with Gasteiger partial charge in [-0.25, -0.2) is 0 Å². The van der Waals surface area contributed by atoms with E-state index in [1.165, 1.54) is 17.7 Å². The topological polar surface area (TPSA) is 77.4 Å². The minimum Gasteiger partial charge on any atom is -0.469 e. The molecule has 1 aromatic heterocycles. The van der Waals surface area contributed by atoms with Crippen molar-refractivity contribution in [2.45, 2.75) is 45.2 Å². The monoisotopic (exact) mass is 446 g/mol. The highest BCUT2D eigenvalue weighted by Crippen LogP contribution is 2.28. The van der Waals surface area contributed by atoms with Crippen molar-refractivity contribution in [3.05, 3.63) is 94.4 Å². The molecule has 1 heterocycles. The molecule has 1 N–H and O–H groups in total. The lowest BCUT2D eigenvalue weighted by molar-refractivity contribution is -0.141. The zero-order valence-electron chi connectivity index (χ0n) is 19.3. The molecule has 2 atom stereocenters. The number of pyridine rings is 1. The number of nitrogens with zero attached hydrogens (tertiary/aromatic N) is 1. The summed E-state index contributed by atoms with van der Waals surface area (Å²) < 4.78 is 6.33. The van der Waals surface area contributed by atoms with Crippen LogP contribution in [0.2, 0.25) is 0 Å². The second-order valence-corrected chi connectivity index (χ2v) is 8.03. The molecule has 33 heavy (non-hydrogen) atoms. The summed E-state index contributed by atoms with van der Waals surface area (Å²) in [5.41, 5.74) is 3.78. The third-order valence-electron chi connectivity index (χ3n) is 5.71. The molecule has 0 bridgehead atoms. The van der Waals surface area contributed by atoms with E-state index < -0.39 is 18.1 Å². The van der Waals surface area contributed by atoms with Crippen LogP contribution in [0.15, 0.2) is 77.7 Å². The van der Waals surface area contributed by atoms with Gasteiger partial charge in [-0.2, -0.15) is 0 Å². The van der Waals surface area contributed by atoms with Crippen molar-refractivity contribution in [2.24, 2.45) is 0 Å². The van der Waals surface area contributed by atoms with Gasteiger partial charge in [0.1, 0.15) is 6.04 Å². The molecule has 6 nitrogen and oxygen atoms in total. The van der Waals surface area contributed by atoms with Gasteiger partial charge in [-0.05, 0) is 47.7 Å². The fourth-order valence-corrected chi connectivity index (χ4v) is 3.96. The molecule has 1 amide bonds. The van der Waals surface area contributed by atoms with Crippen LogP contribution in [-0.4, -0.2) is 23.6 Å². The number of carbonyl (C=O) groups is 2. The molecular formula is C27H30N2O4. The SMILES string of the molecule is CCCC(C(=O)N[C@@H](CC(=O)OC)c1cccc(-c2ccccc2C)c1)n1ccccc1=O. The van der Waals surface area contributed by atoms with Gasteiger partial charge in [0.05, 0.1) is 19.6 Å². The van der Waals surface area contributed by atoms with Gasteiger partial charge in [-0.15, -0.1) is 0 Å². The van der Waals surface area contributed by atoms with E-state index in [0.717, 1.165) is 28.7 Å². The Balaban J connectivity index is 1.95. The molecule has 6 heteroatoms. The number of hydrogen-bond acceptors (Lipinski definition) is 4. The summed E-state index contributed by atoms with van der Waals surface area (Å²) in [7, 11) is 1.33. The Morgan fingerprint density at radius 1 is 1.03 bits per heavy atom. The Hall–Kier alpha value is -3.67. The van der Waals surface area contributed by atoms with Crippen LogP contribution in [0.25, 0.3) is 11.1 Å². The Kier molecular flexibility index (Phi) is 8.19. The minimum absolute atomic E-state index is 0.0119. The number of ether oxygens (including phenoxy) is 1. The average molecular weight is 447 g/mol. The lowest BCUT2D eigenvalue weighted by Gasteiger charge is -2.24. The first-order valence-corrected chi connectivity index (χ1v) is 11.1. The number of hydrogen-bond donors (Lipinski definition) is 1. The minimum atomic E-state index is -0.664. The molecule has 3 rings (SSSR count). The summed E-state index contributed by atoms with van der Waals surface area (Å²) >= 11 is 0. The normalized spacial score (nSPS) is 12.6. The number of aryl methyl sites for hydroxylation is 1. The maximum Gasteiger partial charge on any atom is 0.307 e. The predicted octanol–water partition coefficient (Wildman–Crippen LogP) is 4.59. The molecule has 0 spiro atoms. The molecule has 0 radical (unpaired) electrons. The van der Waals surface area contributed by atoms with Crippen LogP contribution in [0.4, 0.5) is 0 Å². The van der Waals surface area contributed by atoms with Crippen molar-refractivity contribution in [2.75, 3.05) is 7.11 Å². The summed E-state index contributed by atoms with van der Waals surface area (Å²) in [4.78, 5) is 37.9. The molecule has 3 aromatic rings. The van der Waals surface area contributed by atoms with E-state index in [4.69, 9.17) is 4.74 Å². The Morgan fingerprint density at radius 3 is 2.48 bits per heavy atom. The molecule has 0 aliphatic rings. The molecule has 2 aromatic carbocycles. The Morgan fingerprint density at radius 2 is 1.79 bits per heavy atom. The summed E-state index contributed by atoms with van der Waals surface area (Å²) in [5.74, 6) is -0.731. The number of methoxy groups -OCH3 is 1. The van der Waals surface area contributed by atoms with Gasteiger partial charge in [-0.3, -0.25) is 14.4 Å². The van der Waals surface area contributed by atoms with E-state index in [1.807, 2.05) is 62.4 Å². The number of aromatic nitrogens is 1. The number of nitrogens with one attached hydrogen (secondary N) is 1. The average Bonchev–Trinajstić information content (AvgIpc) is 2.83. The van der Waals surface area contributed by atoms with Crippen molar-refractivity contribution >= 4 is 11.9 Å². The quantitative estimate of drug-likeness (QED) is 0.488. The molecular weight excluding hydrogens is 416 g/mol. The van der Waals surface area contributed by atoms with Crippen LogP contribution in [0, 0.1) is 6.92 Å². The molecule has 0 fully saturated rings. The van der Waals surface area contributed by atoms with E-state index in [2.05, 4.69) is 5.32 Å². The van der Waals surface area contributed by atoms with Crippen molar-refractivity contribution in [3.8, 4) is 11.1 Å². The lowest BCUT2D eigenvalue weighted by Crippen LogP contribution is -2.39. The van der Waals surface area contributed by atoms with Gasteiger partial charge in [0.2, 0.25) is 5.91 Å². The third kappa shape index (κ3) is 5.98. The standard InChI is InChI=1S/C27H30N2O4/c1-4-10-24(29-16-8-7-15-25(29)30)27(32)28-23(18-26(31)33-3)21-13-9-12-20(17-21)22-14-6-5-11-19(22)2/h5-9,11-17,23-24H,4,10,18H2,1-3H3,(H,28,32)/t23-,24?/m0/s1. The second kappa shape index (κ2) is 11.3. The van der Waals surface area contributed by atoms with Crippen LogP contribution >= 0.6 is 0 Å². The Labute approximate surface area is 194 Å². The first-order chi connectivity index (χ1) is 15.9. The molecule has 0 saturated carbocycles. The van der Waals surface area contributed by atoms with Crippen LogP contribution < -0.4 is 10.9 Å². The lowest BCUT2D eigenvalue weighted by atomic mass is 9.95. The van der Waals surface area contributed by atoms with E-state index in [0.29, 0.717) is 6.42 Å². The largest absolute Gasteiger partial charge is 0.469 e. The molecule has 0 saturated heterocycles. The number of carbonyl (C=O) groups excluding carboxylic acids is 2.